The third-order valence-electron chi connectivity index (χ3n) is 0.893. The molecule has 0 atom stereocenters. The first-order valence-electron chi connectivity index (χ1n) is 2.82. The van der Waals surface area contributed by atoms with Crippen molar-refractivity contribution in [2.24, 2.45) is 10.3 Å². The van der Waals surface area contributed by atoms with E-state index in [1.807, 2.05) is 6.92 Å². The second kappa shape index (κ2) is 5.11. The average molecular weight is 214 g/mol. The molecule has 0 bridgehead atoms. The zero-order chi connectivity index (χ0) is 8.91. The van der Waals surface area contributed by atoms with Crippen LogP contribution in [0.3, 0.4) is 0 Å². The Labute approximate surface area is 74.3 Å². The highest BCUT2D eigenvalue weighted by atomic mass is 33.1. The summed E-state index contributed by atoms with van der Waals surface area (Å²) in [6.45, 7) is 5.36. The van der Waals surface area contributed by atoms with E-state index < -0.39 is 5.77 Å². The molecule has 66 valence electrons. The zero-order valence-corrected chi connectivity index (χ0v) is 8.68. The van der Waals surface area contributed by atoms with E-state index >= 15 is 0 Å². The molecule has 0 spiro atoms. The predicted molar refractivity (Wildman–Crippen MR) is 51.7 cm³/mol. The number of allylic oxidation sites excluding steroid dienone is 1. The molecule has 0 aliphatic rings. The fraction of sp³-hybridized carbons (Fsp3) is 0.500. The Bertz CT molecular complexity index is 179. The van der Waals surface area contributed by atoms with E-state index in [1.165, 1.54) is 0 Å². The maximum absolute atomic E-state index is 11.3. The van der Waals surface area contributed by atoms with Crippen molar-refractivity contribution in [1.82, 2.24) is 0 Å². The summed E-state index contributed by atoms with van der Waals surface area (Å²) in [5, 5.41) is 10.2. The summed E-state index contributed by atoms with van der Waals surface area (Å²) in [5.74, 6) is -2.53. The van der Waals surface area contributed by atoms with Crippen LogP contribution in [-0.2, 0) is 9.09 Å². The largest absolute Gasteiger partial charge is 0.433 e. The monoisotopic (exact) mass is 214 g/mol. The van der Waals surface area contributed by atoms with Gasteiger partial charge in [0.15, 0.2) is 0 Å². The Morgan fingerprint density at radius 3 is 2.36 bits per heavy atom. The predicted octanol–water partition coefficient (Wildman–Crippen LogP) is 2.25. The van der Waals surface area contributed by atoms with Crippen molar-refractivity contribution >= 4 is 28.9 Å². The van der Waals surface area contributed by atoms with Gasteiger partial charge in [0.1, 0.15) is 0 Å². The maximum atomic E-state index is 11.3. The van der Waals surface area contributed by atoms with Crippen molar-refractivity contribution in [3.8, 4) is 0 Å². The van der Waals surface area contributed by atoms with E-state index in [9.17, 15) is 4.57 Å². The lowest BCUT2D eigenvalue weighted by Crippen LogP contribution is -1.89. The lowest BCUT2D eigenvalue weighted by atomic mass is 10.4. The molecule has 0 rings (SSSR count). The van der Waals surface area contributed by atoms with Gasteiger partial charge in [0, 0.05) is 29.6 Å². The highest BCUT2D eigenvalue weighted by Crippen LogP contribution is 2.66. The average Bonchev–Trinajstić information content (AvgIpc) is 2.04. The van der Waals surface area contributed by atoms with Crippen molar-refractivity contribution in [3.05, 3.63) is 12.3 Å². The van der Waals surface area contributed by atoms with Crippen LogP contribution in [0.5, 0.6) is 0 Å². The lowest BCUT2D eigenvalue weighted by molar-refractivity contribution is 0.421. The number of hydrogen-bond acceptors (Lipinski definition) is 6. The molecule has 0 heterocycles. The molecule has 4 N–H and O–H groups in total. The molecule has 7 heteroatoms. The van der Waals surface area contributed by atoms with Gasteiger partial charge in [0.05, 0.1) is 5.76 Å². The van der Waals surface area contributed by atoms with Gasteiger partial charge in [0.2, 0.25) is 0 Å². The molecule has 0 saturated carbocycles. The van der Waals surface area contributed by atoms with Crippen molar-refractivity contribution < 1.29 is 9.09 Å². The third-order valence-corrected chi connectivity index (χ3v) is 5.44. The Hall–Kier alpha value is 0.390. The number of rotatable bonds is 5. The fourth-order valence-corrected chi connectivity index (χ4v) is 2.36. The minimum atomic E-state index is -2.96. The second-order valence-corrected chi connectivity index (χ2v) is 7.98. The molecule has 0 aromatic carbocycles. The second-order valence-electron chi connectivity index (χ2n) is 1.64. The summed E-state index contributed by atoms with van der Waals surface area (Å²) in [6.07, 6.45) is 0.602. The van der Waals surface area contributed by atoms with Crippen LogP contribution in [0.15, 0.2) is 12.3 Å². The van der Waals surface area contributed by atoms with Crippen LogP contribution in [0.2, 0.25) is 0 Å². The first kappa shape index (κ1) is 11.4. The Kier molecular flexibility index (Phi) is 5.29. The molecule has 0 unspecified atom stereocenters. The molecule has 0 radical (unpaired) electrons. The summed E-state index contributed by atoms with van der Waals surface area (Å²) < 4.78 is 16.2. The van der Waals surface area contributed by atoms with Gasteiger partial charge in [-0.25, -0.2) is 0 Å². The summed E-state index contributed by atoms with van der Waals surface area (Å²) in [5.41, 5.74) is 0. The molecule has 0 aliphatic carbocycles. The Balaban J connectivity index is 4.09. The number of hydrogen-bond donors (Lipinski definition) is 2. The van der Waals surface area contributed by atoms with Crippen molar-refractivity contribution in [2.75, 3.05) is 0 Å². The molecule has 0 fully saturated rings. The quantitative estimate of drug-likeness (QED) is 0.415. The summed E-state index contributed by atoms with van der Waals surface area (Å²) in [4.78, 5) is 0. The van der Waals surface area contributed by atoms with Gasteiger partial charge < -0.3 is 4.52 Å². The summed E-state index contributed by atoms with van der Waals surface area (Å²) >= 11 is 1.25. The van der Waals surface area contributed by atoms with Crippen LogP contribution in [0, 0.1) is 0 Å². The van der Waals surface area contributed by atoms with Crippen molar-refractivity contribution in [1.29, 1.82) is 0 Å². The topological polar surface area (TPSA) is 78.3 Å². The van der Waals surface area contributed by atoms with E-state index in [2.05, 4.69) is 6.58 Å². The van der Waals surface area contributed by atoms with Crippen LogP contribution >= 0.6 is 28.9 Å². The van der Waals surface area contributed by atoms with Gasteiger partial charge in [-0.15, -0.1) is 0 Å². The molecule has 0 saturated heterocycles. The molecule has 0 aromatic heterocycles. The first-order chi connectivity index (χ1) is 5.08. The van der Waals surface area contributed by atoms with E-state index in [4.69, 9.17) is 14.8 Å². The van der Waals surface area contributed by atoms with Gasteiger partial charge in [-0.05, 0) is 0 Å². The van der Waals surface area contributed by atoms with E-state index in [0.29, 0.717) is 35.3 Å². The molecule has 11 heavy (non-hydrogen) atoms. The van der Waals surface area contributed by atoms with Crippen LogP contribution in [-0.4, -0.2) is 0 Å². The Morgan fingerprint density at radius 1 is 1.64 bits per heavy atom. The van der Waals surface area contributed by atoms with Gasteiger partial charge >= 0.3 is 5.77 Å². The molecular formula is C4H11N2O2PS2. The van der Waals surface area contributed by atoms with E-state index in [1.54, 1.807) is 0 Å². The van der Waals surface area contributed by atoms with Gasteiger partial charge in [-0.3, -0.25) is 14.8 Å². The summed E-state index contributed by atoms with van der Waals surface area (Å²) in [7, 11) is 0. The Morgan fingerprint density at radius 2 is 2.09 bits per heavy atom. The highest BCUT2D eigenvalue weighted by Gasteiger charge is 2.23. The van der Waals surface area contributed by atoms with Crippen LogP contribution in [0.1, 0.15) is 13.3 Å². The molecular weight excluding hydrogens is 203 g/mol. The maximum Gasteiger partial charge on any atom is 0.387 e. The van der Waals surface area contributed by atoms with Crippen LogP contribution in [0.25, 0.3) is 0 Å². The molecule has 0 aromatic rings. The molecule has 0 aliphatic heterocycles. The summed E-state index contributed by atoms with van der Waals surface area (Å²) in [6, 6.07) is 0. The molecule has 0 amide bonds. The zero-order valence-electron chi connectivity index (χ0n) is 6.15. The van der Waals surface area contributed by atoms with Crippen LogP contribution in [0.4, 0.5) is 0 Å². The van der Waals surface area contributed by atoms with Crippen LogP contribution < -0.4 is 10.3 Å². The first-order valence-corrected chi connectivity index (χ1v) is 7.41. The number of nitrogens with two attached hydrogens (primary N) is 2. The minimum Gasteiger partial charge on any atom is -0.433 e. The third kappa shape index (κ3) is 4.08. The fourth-order valence-electron chi connectivity index (χ4n) is 0.291. The van der Waals surface area contributed by atoms with E-state index in [-0.39, 0.29) is 0 Å². The molecule has 4 nitrogen and oxygen atoms in total. The highest BCUT2D eigenvalue weighted by molar-refractivity contribution is 8.88. The van der Waals surface area contributed by atoms with Crippen molar-refractivity contribution in [3.63, 3.8) is 0 Å². The SMILES string of the molecule is C=C(CC)OP(=O)(SN)SN. The van der Waals surface area contributed by atoms with E-state index in [0.717, 1.165) is 0 Å². The normalized spacial score (nSPS) is 11.2. The van der Waals surface area contributed by atoms with Gasteiger partial charge in [0.25, 0.3) is 0 Å². The standard InChI is InChI=1S/C4H11N2O2PS2/c1-3-4(2)8-9(7,10-5)11-6/h2-3,5-6H2,1H3. The lowest BCUT2D eigenvalue weighted by Gasteiger charge is -2.13. The minimum absolute atomic E-state index is 0.434. The smallest absolute Gasteiger partial charge is 0.387 e. The van der Waals surface area contributed by atoms with Crippen molar-refractivity contribution in [2.45, 2.75) is 13.3 Å². The van der Waals surface area contributed by atoms with Gasteiger partial charge in [-0.1, -0.05) is 13.5 Å². The van der Waals surface area contributed by atoms with Gasteiger partial charge in [-0.2, -0.15) is 0 Å².